The number of hydrogen-bond acceptors (Lipinski definition) is 5. The first-order valence-electron chi connectivity index (χ1n) is 4.97. The lowest BCUT2D eigenvalue weighted by Crippen LogP contribution is -2.03. The molecule has 15 heavy (non-hydrogen) atoms. The van der Waals surface area contributed by atoms with Crippen LogP contribution in [0.25, 0.3) is 0 Å². The number of furan rings is 1. The highest BCUT2D eigenvalue weighted by Crippen LogP contribution is 2.11. The topological polar surface area (TPSA) is 51.0 Å². The fourth-order valence-electron chi connectivity index (χ4n) is 1.22. The van der Waals surface area contributed by atoms with Crippen molar-refractivity contribution in [2.45, 2.75) is 19.8 Å². The van der Waals surface area contributed by atoms with Gasteiger partial charge in [0.15, 0.2) is 0 Å². The first-order chi connectivity index (χ1) is 7.38. The second-order valence-electron chi connectivity index (χ2n) is 3.13. The summed E-state index contributed by atoms with van der Waals surface area (Å²) in [6, 6.07) is 3.87. The second kappa shape index (κ2) is 4.93. The summed E-state index contributed by atoms with van der Waals surface area (Å²) in [6.45, 7) is 2.88. The van der Waals surface area contributed by atoms with E-state index < -0.39 is 0 Å². The van der Waals surface area contributed by atoms with Crippen molar-refractivity contribution in [1.82, 2.24) is 9.36 Å². The van der Waals surface area contributed by atoms with Gasteiger partial charge in [-0.3, -0.25) is 0 Å². The molecular formula is C10H13N3OS. The largest absolute Gasteiger partial charge is 0.469 e. The molecule has 2 aromatic rings. The highest BCUT2D eigenvalue weighted by atomic mass is 32.1. The summed E-state index contributed by atoms with van der Waals surface area (Å²) in [5.41, 5.74) is 0. The van der Waals surface area contributed by atoms with Crippen LogP contribution in [0, 0.1) is 0 Å². The lowest BCUT2D eigenvalue weighted by Gasteiger charge is -1.98. The Kier molecular flexibility index (Phi) is 3.34. The minimum absolute atomic E-state index is 0.825. The van der Waals surface area contributed by atoms with Gasteiger partial charge in [-0.1, -0.05) is 6.92 Å². The van der Waals surface area contributed by atoms with Crippen LogP contribution in [0.3, 0.4) is 0 Å². The predicted molar refractivity (Wildman–Crippen MR) is 60.2 cm³/mol. The van der Waals surface area contributed by atoms with E-state index in [4.69, 9.17) is 4.42 Å². The molecule has 80 valence electrons. The van der Waals surface area contributed by atoms with E-state index in [0.717, 1.165) is 36.1 Å². The van der Waals surface area contributed by atoms with Crippen molar-refractivity contribution < 1.29 is 4.42 Å². The number of hydrogen-bond donors (Lipinski definition) is 1. The molecule has 0 radical (unpaired) electrons. The quantitative estimate of drug-likeness (QED) is 0.845. The molecule has 4 nitrogen and oxygen atoms in total. The molecule has 0 aliphatic heterocycles. The van der Waals surface area contributed by atoms with Gasteiger partial charge >= 0.3 is 0 Å². The van der Waals surface area contributed by atoms with E-state index in [1.54, 1.807) is 6.26 Å². The number of nitrogens with zero attached hydrogens (tertiary/aromatic N) is 2. The maximum atomic E-state index is 5.23. The summed E-state index contributed by atoms with van der Waals surface area (Å²) >= 11 is 1.41. The summed E-state index contributed by atoms with van der Waals surface area (Å²) in [5, 5.41) is 4.11. The second-order valence-corrected chi connectivity index (χ2v) is 3.88. The molecular weight excluding hydrogens is 210 g/mol. The van der Waals surface area contributed by atoms with E-state index in [0.29, 0.717) is 0 Å². The molecule has 0 spiro atoms. The minimum atomic E-state index is 0.825. The number of anilines is 1. The molecule has 0 aliphatic rings. The molecule has 0 saturated heterocycles. The van der Waals surface area contributed by atoms with E-state index in [1.165, 1.54) is 11.5 Å². The fourth-order valence-corrected chi connectivity index (χ4v) is 1.89. The molecule has 0 atom stereocenters. The molecule has 0 aliphatic carbocycles. The van der Waals surface area contributed by atoms with Gasteiger partial charge in [0.1, 0.15) is 11.6 Å². The summed E-state index contributed by atoms with van der Waals surface area (Å²) in [6.07, 6.45) is 3.44. The molecule has 0 fully saturated rings. The van der Waals surface area contributed by atoms with Gasteiger partial charge in [-0.05, 0) is 12.1 Å². The Hall–Kier alpha value is -1.36. The smallest absolute Gasteiger partial charge is 0.202 e. The van der Waals surface area contributed by atoms with Crippen LogP contribution in [0.5, 0.6) is 0 Å². The van der Waals surface area contributed by atoms with Crippen molar-refractivity contribution in [2.75, 3.05) is 11.9 Å². The zero-order valence-electron chi connectivity index (χ0n) is 8.56. The first-order valence-corrected chi connectivity index (χ1v) is 5.74. The summed E-state index contributed by atoms with van der Waals surface area (Å²) < 4.78 is 9.42. The molecule has 1 N–H and O–H groups in total. The molecule has 0 aromatic carbocycles. The van der Waals surface area contributed by atoms with Crippen LogP contribution in [-0.2, 0) is 12.8 Å². The van der Waals surface area contributed by atoms with Gasteiger partial charge in [-0.25, -0.2) is 4.98 Å². The van der Waals surface area contributed by atoms with E-state index >= 15 is 0 Å². The van der Waals surface area contributed by atoms with E-state index in [9.17, 15) is 0 Å². The molecule has 2 heterocycles. The zero-order chi connectivity index (χ0) is 10.5. The van der Waals surface area contributed by atoms with Gasteiger partial charge in [0.25, 0.3) is 0 Å². The summed E-state index contributed by atoms with van der Waals surface area (Å²) in [5.74, 6) is 1.89. The Morgan fingerprint density at radius 1 is 1.53 bits per heavy atom. The standard InChI is InChI=1S/C10H13N3OS/c1-2-9-12-10(15-13-9)11-6-5-8-4-3-7-14-8/h3-4,7H,2,5-6H2,1H3,(H,11,12,13). The maximum absolute atomic E-state index is 5.23. The van der Waals surface area contributed by atoms with Crippen LogP contribution < -0.4 is 5.32 Å². The van der Waals surface area contributed by atoms with E-state index in [2.05, 4.69) is 21.6 Å². The lowest BCUT2D eigenvalue weighted by molar-refractivity contribution is 0.513. The molecule has 5 heteroatoms. The number of aryl methyl sites for hydroxylation is 1. The average molecular weight is 223 g/mol. The van der Waals surface area contributed by atoms with Gasteiger partial charge in [0.05, 0.1) is 6.26 Å². The van der Waals surface area contributed by atoms with Crippen molar-refractivity contribution in [1.29, 1.82) is 0 Å². The molecule has 0 unspecified atom stereocenters. The van der Waals surface area contributed by atoms with Crippen LogP contribution in [0.2, 0.25) is 0 Å². The number of aromatic nitrogens is 2. The van der Waals surface area contributed by atoms with Crippen LogP contribution in [0.1, 0.15) is 18.5 Å². The number of nitrogens with one attached hydrogen (secondary N) is 1. The normalized spacial score (nSPS) is 10.5. The van der Waals surface area contributed by atoms with Crippen molar-refractivity contribution in [3.05, 3.63) is 30.0 Å². The van der Waals surface area contributed by atoms with Crippen molar-refractivity contribution >= 4 is 16.7 Å². The minimum Gasteiger partial charge on any atom is -0.469 e. The first kappa shape index (κ1) is 10.2. The Balaban J connectivity index is 1.78. The fraction of sp³-hybridized carbons (Fsp3) is 0.400. The van der Waals surface area contributed by atoms with E-state index in [-0.39, 0.29) is 0 Å². The molecule has 2 rings (SSSR count). The maximum Gasteiger partial charge on any atom is 0.202 e. The van der Waals surface area contributed by atoms with Crippen molar-refractivity contribution in [3.63, 3.8) is 0 Å². The van der Waals surface area contributed by atoms with Gasteiger partial charge < -0.3 is 9.73 Å². The Bertz CT molecular complexity index is 396. The Morgan fingerprint density at radius 2 is 2.47 bits per heavy atom. The van der Waals surface area contributed by atoms with Gasteiger partial charge in [0, 0.05) is 30.9 Å². The van der Waals surface area contributed by atoms with Crippen LogP contribution in [-0.4, -0.2) is 15.9 Å². The number of rotatable bonds is 5. The van der Waals surface area contributed by atoms with Crippen LogP contribution >= 0.6 is 11.5 Å². The molecule has 0 bridgehead atoms. The van der Waals surface area contributed by atoms with Crippen LogP contribution in [0.4, 0.5) is 5.13 Å². The molecule has 2 aromatic heterocycles. The summed E-state index contributed by atoms with van der Waals surface area (Å²) in [7, 11) is 0. The van der Waals surface area contributed by atoms with Crippen molar-refractivity contribution in [2.24, 2.45) is 0 Å². The lowest BCUT2D eigenvalue weighted by atomic mass is 10.3. The third-order valence-corrected chi connectivity index (χ3v) is 2.72. The highest BCUT2D eigenvalue weighted by Gasteiger charge is 2.01. The average Bonchev–Trinajstić information content (AvgIpc) is 2.88. The van der Waals surface area contributed by atoms with Gasteiger partial charge in [-0.15, -0.1) is 0 Å². The van der Waals surface area contributed by atoms with Gasteiger partial charge in [0.2, 0.25) is 5.13 Å². The third-order valence-electron chi connectivity index (χ3n) is 2.01. The predicted octanol–water partition coefficient (Wildman–Crippen LogP) is 2.35. The summed E-state index contributed by atoms with van der Waals surface area (Å²) in [4.78, 5) is 4.31. The zero-order valence-corrected chi connectivity index (χ0v) is 9.38. The Labute approximate surface area is 92.5 Å². The Morgan fingerprint density at radius 3 is 3.13 bits per heavy atom. The van der Waals surface area contributed by atoms with Crippen LogP contribution in [0.15, 0.2) is 22.8 Å². The monoisotopic (exact) mass is 223 g/mol. The van der Waals surface area contributed by atoms with E-state index in [1.807, 2.05) is 12.1 Å². The third kappa shape index (κ3) is 2.79. The van der Waals surface area contributed by atoms with Crippen molar-refractivity contribution in [3.8, 4) is 0 Å². The molecule has 0 amide bonds. The molecule has 0 saturated carbocycles. The van der Waals surface area contributed by atoms with Gasteiger partial charge in [-0.2, -0.15) is 4.37 Å². The highest BCUT2D eigenvalue weighted by molar-refractivity contribution is 7.09. The SMILES string of the molecule is CCc1nsc(NCCc2ccco2)n1.